The monoisotopic (exact) mass is 203 g/mol. The number of nitrogens with zero attached hydrogens (tertiary/aromatic N) is 1. The fourth-order valence-electron chi connectivity index (χ4n) is 0.794. The zero-order valence-electron chi connectivity index (χ0n) is 9.03. The van der Waals surface area contributed by atoms with Crippen LogP contribution in [0, 0.1) is 0 Å². The van der Waals surface area contributed by atoms with Crippen LogP contribution in [0.2, 0.25) is 0 Å². The lowest BCUT2D eigenvalue weighted by Crippen LogP contribution is -2.41. The van der Waals surface area contributed by atoms with Gasteiger partial charge >= 0.3 is 6.09 Å². The molecule has 5 nitrogen and oxygen atoms in total. The summed E-state index contributed by atoms with van der Waals surface area (Å²) >= 11 is 0. The van der Waals surface area contributed by atoms with E-state index in [1.807, 2.05) is 0 Å². The Morgan fingerprint density at radius 3 is 2.14 bits per heavy atom. The Kier molecular flexibility index (Phi) is 4.56. The molecule has 0 spiro atoms. The molecule has 0 rings (SSSR count). The van der Waals surface area contributed by atoms with Gasteiger partial charge in [-0.05, 0) is 20.8 Å². The first-order valence-corrected chi connectivity index (χ1v) is 4.40. The standard InChI is InChI=1S/C9H17NO4/c1-7(12)10(5-6-11)8(13)14-9(2,3)4/h11H,5-6H2,1-4H3. The Morgan fingerprint density at radius 1 is 1.36 bits per heavy atom. The van der Waals surface area contributed by atoms with Crippen LogP contribution >= 0.6 is 0 Å². The average Bonchev–Trinajstić information content (AvgIpc) is 1.95. The lowest BCUT2D eigenvalue weighted by atomic mass is 10.2. The molecule has 5 heteroatoms. The van der Waals surface area contributed by atoms with Crippen LogP contribution in [0.25, 0.3) is 0 Å². The van der Waals surface area contributed by atoms with Gasteiger partial charge in [-0.15, -0.1) is 0 Å². The van der Waals surface area contributed by atoms with Gasteiger partial charge in [-0.25, -0.2) is 9.69 Å². The van der Waals surface area contributed by atoms with Crippen molar-refractivity contribution in [1.29, 1.82) is 0 Å². The van der Waals surface area contributed by atoms with E-state index in [1.54, 1.807) is 20.8 Å². The zero-order chi connectivity index (χ0) is 11.4. The number of hydrogen-bond acceptors (Lipinski definition) is 4. The van der Waals surface area contributed by atoms with Crippen molar-refractivity contribution in [2.24, 2.45) is 0 Å². The summed E-state index contributed by atoms with van der Waals surface area (Å²) in [5.41, 5.74) is -0.639. The Bertz CT molecular complexity index is 219. The smallest absolute Gasteiger partial charge is 0.417 e. The highest BCUT2D eigenvalue weighted by molar-refractivity contribution is 5.90. The second-order valence-electron chi connectivity index (χ2n) is 3.87. The summed E-state index contributed by atoms with van der Waals surface area (Å²) in [7, 11) is 0. The van der Waals surface area contributed by atoms with Gasteiger partial charge in [0.25, 0.3) is 0 Å². The van der Waals surface area contributed by atoms with Crippen molar-refractivity contribution in [3.63, 3.8) is 0 Å². The highest BCUT2D eigenvalue weighted by Crippen LogP contribution is 2.09. The molecule has 0 heterocycles. The van der Waals surface area contributed by atoms with Crippen LogP contribution in [0.5, 0.6) is 0 Å². The van der Waals surface area contributed by atoms with Gasteiger partial charge in [-0.1, -0.05) is 0 Å². The van der Waals surface area contributed by atoms with Crippen LogP contribution in [-0.2, 0) is 9.53 Å². The van der Waals surface area contributed by atoms with E-state index in [-0.39, 0.29) is 13.2 Å². The fourth-order valence-corrected chi connectivity index (χ4v) is 0.794. The summed E-state index contributed by atoms with van der Waals surface area (Å²) in [5.74, 6) is -0.437. The summed E-state index contributed by atoms with van der Waals surface area (Å²) in [5, 5.41) is 8.63. The zero-order valence-corrected chi connectivity index (χ0v) is 9.03. The number of rotatable bonds is 2. The molecular weight excluding hydrogens is 186 g/mol. The molecule has 0 aliphatic carbocycles. The molecule has 82 valence electrons. The van der Waals surface area contributed by atoms with Crippen LogP contribution in [0.4, 0.5) is 4.79 Å². The quantitative estimate of drug-likeness (QED) is 0.719. The molecule has 0 fully saturated rings. The molecular formula is C9H17NO4. The molecule has 0 aromatic heterocycles. The molecule has 0 unspecified atom stereocenters. The topological polar surface area (TPSA) is 66.8 Å². The van der Waals surface area contributed by atoms with Gasteiger partial charge < -0.3 is 9.84 Å². The van der Waals surface area contributed by atoms with E-state index < -0.39 is 17.6 Å². The van der Waals surface area contributed by atoms with E-state index in [4.69, 9.17) is 9.84 Å². The first-order valence-electron chi connectivity index (χ1n) is 4.40. The molecule has 0 radical (unpaired) electrons. The molecule has 14 heavy (non-hydrogen) atoms. The number of ether oxygens (including phenoxy) is 1. The predicted octanol–water partition coefficient (Wildman–Crippen LogP) is 0.762. The minimum atomic E-state index is -0.723. The van der Waals surface area contributed by atoms with E-state index in [9.17, 15) is 9.59 Å². The maximum atomic E-state index is 11.4. The summed E-state index contributed by atoms with van der Waals surface area (Å²) in [6, 6.07) is 0. The van der Waals surface area contributed by atoms with Crippen molar-refractivity contribution >= 4 is 12.0 Å². The van der Waals surface area contributed by atoms with Crippen molar-refractivity contribution in [1.82, 2.24) is 4.90 Å². The summed E-state index contributed by atoms with van der Waals surface area (Å²) in [4.78, 5) is 23.2. The van der Waals surface area contributed by atoms with Crippen molar-refractivity contribution in [2.45, 2.75) is 33.3 Å². The van der Waals surface area contributed by atoms with E-state index in [1.165, 1.54) is 6.92 Å². The van der Waals surface area contributed by atoms with Gasteiger partial charge in [0.2, 0.25) is 5.91 Å². The molecule has 0 aliphatic heterocycles. The third-order valence-electron chi connectivity index (χ3n) is 1.32. The van der Waals surface area contributed by atoms with Crippen LogP contribution < -0.4 is 0 Å². The van der Waals surface area contributed by atoms with Crippen molar-refractivity contribution < 1.29 is 19.4 Å². The maximum Gasteiger partial charge on any atom is 0.417 e. The highest BCUT2D eigenvalue weighted by Gasteiger charge is 2.24. The summed E-state index contributed by atoms with van der Waals surface area (Å²) < 4.78 is 4.97. The Morgan fingerprint density at radius 2 is 1.86 bits per heavy atom. The molecule has 0 atom stereocenters. The second kappa shape index (κ2) is 4.95. The molecule has 0 bridgehead atoms. The fraction of sp³-hybridized carbons (Fsp3) is 0.778. The minimum absolute atomic E-state index is 0.0375. The number of aliphatic hydroxyl groups is 1. The van der Waals surface area contributed by atoms with Gasteiger partial charge in [0.05, 0.1) is 13.2 Å². The van der Waals surface area contributed by atoms with Crippen molar-refractivity contribution in [3.05, 3.63) is 0 Å². The largest absolute Gasteiger partial charge is 0.443 e. The first-order chi connectivity index (χ1) is 6.28. The third-order valence-corrected chi connectivity index (χ3v) is 1.32. The van der Waals surface area contributed by atoms with E-state index in [0.29, 0.717) is 0 Å². The molecule has 1 N–H and O–H groups in total. The second-order valence-corrected chi connectivity index (χ2v) is 3.87. The predicted molar refractivity (Wildman–Crippen MR) is 50.7 cm³/mol. The van der Waals surface area contributed by atoms with E-state index >= 15 is 0 Å². The van der Waals surface area contributed by atoms with Crippen LogP contribution in [-0.4, -0.2) is 40.8 Å². The van der Waals surface area contributed by atoms with Crippen LogP contribution in [0.1, 0.15) is 27.7 Å². The Balaban J connectivity index is 4.38. The van der Waals surface area contributed by atoms with Gasteiger partial charge in [0, 0.05) is 6.92 Å². The Hall–Kier alpha value is -1.10. The van der Waals surface area contributed by atoms with Gasteiger partial charge in [0.1, 0.15) is 5.60 Å². The van der Waals surface area contributed by atoms with Crippen LogP contribution in [0.15, 0.2) is 0 Å². The van der Waals surface area contributed by atoms with Crippen molar-refractivity contribution in [2.75, 3.05) is 13.2 Å². The molecule has 0 aromatic carbocycles. The molecule has 2 amide bonds. The van der Waals surface area contributed by atoms with Crippen LogP contribution in [0.3, 0.4) is 0 Å². The first kappa shape index (κ1) is 12.9. The van der Waals surface area contributed by atoms with Crippen molar-refractivity contribution in [3.8, 4) is 0 Å². The lowest BCUT2D eigenvalue weighted by molar-refractivity contribution is -0.128. The van der Waals surface area contributed by atoms with Gasteiger partial charge in [-0.2, -0.15) is 0 Å². The lowest BCUT2D eigenvalue weighted by Gasteiger charge is -2.24. The normalized spacial score (nSPS) is 10.9. The number of imide groups is 1. The molecule has 0 aliphatic rings. The third kappa shape index (κ3) is 4.81. The Labute approximate surface area is 83.6 Å². The molecule has 0 saturated heterocycles. The van der Waals surface area contributed by atoms with E-state index in [0.717, 1.165) is 4.90 Å². The summed E-state index contributed by atoms with van der Waals surface area (Å²) in [6.45, 7) is 6.08. The highest BCUT2D eigenvalue weighted by atomic mass is 16.6. The number of hydrogen-bond donors (Lipinski definition) is 1. The summed E-state index contributed by atoms with van der Waals surface area (Å²) in [6.07, 6.45) is -0.723. The number of carbonyl (C=O) groups excluding carboxylic acids is 2. The van der Waals surface area contributed by atoms with E-state index in [2.05, 4.69) is 0 Å². The molecule has 0 aromatic rings. The number of aliphatic hydroxyl groups excluding tert-OH is 1. The number of carbonyl (C=O) groups is 2. The minimum Gasteiger partial charge on any atom is -0.443 e. The van der Waals surface area contributed by atoms with Gasteiger partial charge in [0.15, 0.2) is 0 Å². The average molecular weight is 203 g/mol. The SMILES string of the molecule is CC(=O)N(CCO)C(=O)OC(C)(C)C. The van der Waals surface area contributed by atoms with Gasteiger partial charge in [-0.3, -0.25) is 4.79 Å². The number of amides is 2. The maximum absolute atomic E-state index is 11.4. The molecule has 0 saturated carbocycles.